The molecule has 1 aromatic carbocycles. The number of esters is 1. The second-order valence-corrected chi connectivity index (χ2v) is 9.74. The third-order valence-corrected chi connectivity index (χ3v) is 7.33. The van der Waals surface area contributed by atoms with Crippen molar-refractivity contribution >= 4 is 35.3 Å². The molecule has 1 unspecified atom stereocenters. The minimum absolute atomic E-state index is 0.0428. The maximum atomic E-state index is 13.0. The fourth-order valence-electron chi connectivity index (χ4n) is 4.40. The number of cyclic esters (lactones) is 1. The molecule has 2 N–H and O–H groups in total. The van der Waals surface area contributed by atoms with Crippen molar-refractivity contribution in [1.82, 2.24) is 4.90 Å². The Morgan fingerprint density at radius 3 is 2.71 bits per heavy atom. The van der Waals surface area contributed by atoms with E-state index in [0.717, 1.165) is 23.7 Å². The summed E-state index contributed by atoms with van der Waals surface area (Å²) in [6.07, 6.45) is -0.507. The second kappa shape index (κ2) is 11.9. The van der Waals surface area contributed by atoms with Crippen LogP contribution in [0.25, 0.3) is 0 Å². The van der Waals surface area contributed by atoms with Crippen LogP contribution >= 0.6 is 11.8 Å². The van der Waals surface area contributed by atoms with E-state index in [-0.39, 0.29) is 24.3 Å². The minimum atomic E-state index is -3.27. The van der Waals surface area contributed by atoms with E-state index in [1.165, 1.54) is 7.11 Å². The Hall–Kier alpha value is -2.66. The zero-order valence-corrected chi connectivity index (χ0v) is 20.8. The summed E-state index contributed by atoms with van der Waals surface area (Å²) in [6, 6.07) is 0. The first-order valence-electron chi connectivity index (χ1n) is 11.3. The lowest BCUT2D eigenvalue weighted by Crippen LogP contribution is -2.25. The minimum Gasteiger partial charge on any atom is -0.496 e. The summed E-state index contributed by atoms with van der Waals surface area (Å²) in [5.41, 5.74) is 2.24. The Labute approximate surface area is 207 Å². The molecule has 1 aromatic rings. The molecule has 1 amide bonds. The predicted octanol–water partition coefficient (Wildman–Crippen LogP) is 3.85. The Kier molecular flexibility index (Phi) is 9.12. The number of carboxylic acid groups (broad SMARTS) is 1. The molecule has 0 bridgehead atoms. The van der Waals surface area contributed by atoms with E-state index in [1.54, 1.807) is 19.9 Å². The number of rotatable bonds is 11. The number of alkyl halides is 2. The highest BCUT2D eigenvalue weighted by Gasteiger charge is 2.33. The lowest BCUT2D eigenvalue weighted by molar-refractivity contribution is -0.142. The molecule has 1 fully saturated rings. The van der Waals surface area contributed by atoms with Crippen molar-refractivity contribution in [2.24, 2.45) is 5.92 Å². The number of thioether (sulfide) groups is 1. The number of carboxylic acids is 1. The quantitative estimate of drug-likeness (QED) is 0.340. The zero-order valence-electron chi connectivity index (χ0n) is 20.0. The number of methoxy groups -OCH3 is 1. The number of carbonyl (C=O) groups is 3. The van der Waals surface area contributed by atoms with Crippen molar-refractivity contribution in [3.63, 3.8) is 0 Å². The number of allylic oxidation sites excluding steroid dienone is 2. The SMILES string of the molecule is COc1c(C)c2c(c(NC(=O)C(F)F)c1C/C=C(\C)CC(CCN1CCSC1)C(=O)O)C(=O)OC2. The molecule has 0 radical (unpaired) electrons. The fraction of sp³-hybridized carbons (Fsp3) is 0.542. The van der Waals surface area contributed by atoms with Crippen LogP contribution in [0.5, 0.6) is 5.75 Å². The van der Waals surface area contributed by atoms with E-state index in [4.69, 9.17) is 9.47 Å². The first-order valence-corrected chi connectivity index (χ1v) is 12.5. The Bertz CT molecular complexity index is 1020. The average Bonchev–Trinajstić information content (AvgIpc) is 3.46. The summed E-state index contributed by atoms with van der Waals surface area (Å²) in [6.45, 7) is 5.16. The van der Waals surface area contributed by atoms with Gasteiger partial charge in [0.25, 0.3) is 5.91 Å². The molecule has 1 atom stereocenters. The van der Waals surface area contributed by atoms with Gasteiger partial charge in [0.1, 0.15) is 12.4 Å². The number of halogens is 2. The summed E-state index contributed by atoms with van der Waals surface area (Å²) in [5, 5.41) is 11.9. The molecule has 192 valence electrons. The van der Waals surface area contributed by atoms with Crippen molar-refractivity contribution in [1.29, 1.82) is 0 Å². The summed E-state index contributed by atoms with van der Waals surface area (Å²) in [7, 11) is 1.42. The molecule has 0 saturated carbocycles. The van der Waals surface area contributed by atoms with Gasteiger partial charge in [-0.1, -0.05) is 11.6 Å². The monoisotopic (exact) mass is 512 g/mol. The lowest BCUT2D eigenvalue weighted by Gasteiger charge is -2.20. The summed E-state index contributed by atoms with van der Waals surface area (Å²) >= 11 is 1.83. The zero-order chi connectivity index (χ0) is 25.7. The highest BCUT2D eigenvalue weighted by Crippen LogP contribution is 2.41. The van der Waals surface area contributed by atoms with Gasteiger partial charge in [-0.05, 0) is 45.2 Å². The van der Waals surface area contributed by atoms with Crippen LogP contribution in [0.3, 0.4) is 0 Å². The van der Waals surface area contributed by atoms with E-state index in [2.05, 4.69) is 10.2 Å². The number of carbonyl (C=O) groups excluding carboxylic acids is 2. The van der Waals surface area contributed by atoms with Gasteiger partial charge in [-0.25, -0.2) is 4.79 Å². The molecule has 8 nitrogen and oxygen atoms in total. The number of fused-ring (bicyclic) bond motifs is 1. The molecular weight excluding hydrogens is 482 g/mol. The Morgan fingerprint density at radius 1 is 1.37 bits per heavy atom. The number of hydrogen-bond donors (Lipinski definition) is 2. The van der Waals surface area contributed by atoms with Crippen LogP contribution in [0, 0.1) is 12.8 Å². The van der Waals surface area contributed by atoms with Crippen molar-refractivity contribution in [3.05, 3.63) is 33.9 Å². The highest BCUT2D eigenvalue weighted by atomic mass is 32.2. The standard InChI is InChI=1S/C24H30F2N2O6S/c1-13(10-15(23(30)31)6-7-28-8-9-35-12-28)4-5-16-19(27-22(29)21(25)26)18-17(11-34-24(18)32)14(2)20(16)33-3/h4,15,21H,5-12H2,1-3H3,(H,27,29)(H,30,31)/b13-4+. The molecule has 2 heterocycles. The van der Waals surface area contributed by atoms with Gasteiger partial charge in [-0.3, -0.25) is 14.5 Å². The van der Waals surface area contributed by atoms with Crippen LogP contribution < -0.4 is 10.1 Å². The van der Waals surface area contributed by atoms with Crippen LogP contribution in [0.4, 0.5) is 14.5 Å². The molecule has 0 aromatic heterocycles. The smallest absolute Gasteiger partial charge is 0.341 e. The number of amides is 1. The summed E-state index contributed by atoms with van der Waals surface area (Å²) < 4.78 is 36.7. The van der Waals surface area contributed by atoms with E-state index in [1.807, 2.05) is 11.8 Å². The third kappa shape index (κ3) is 6.32. The van der Waals surface area contributed by atoms with Gasteiger partial charge >= 0.3 is 18.4 Å². The molecule has 3 rings (SSSR count). The van der Waals surface area contributed by atoms with Gasteiger partial charge in [0.05, 0.1) is 24.3 Å². The molecule has 0 spiro atoms. The van der Waals surface area contributed by atoms with Crippen LogP contribution in [-0.2, 0) is 27.4 Å². The van der Waals surface area contributed by atoms with Crippen molar-refractivity contribution in [2.75, 3.05) is 37.1 Å². The van der Waals surface area contributed by atoms with Crippen LogP contribution in [0.2, 0.25) is 0 Å². The molecule has 35 heavy (non-hydrogen) atoms. The highest BCUT2D eigenvalue weighted by molar-refractivity contribution is 7.99. The molecule has 1 saturated heterocycles. The number of anilines is 1. The van der Waals surface area contributed by atoms with Gasteiger partial charge in [0.15, 0.2) is 0 Å². The number of ether oxygens (including phenoxy) is 2. The van der Waals surface area contributed by atoms with Crippen molar-refractivity contribution in [3.8, 4) is 5.75 Å². The predicted molar refractivity (Wildman–Crippen MR) is 128 cm³/mol. The maximum Gasteiger partial charge on any atom is 0.341 e. The number of hydrogen-bond acceptors (Lipinski definition) is 7. The number of nitrogens with one attached hydrogen (secondary N) is 1. The van der Waals surface area contributed by atoms with Crippen LogP contribution in [0.15, 0.2) is 11.6 Å². The van der Waals surface area contributed by atoms with Gasteiger partial charge in [-0.15, -0.1) is 11.8 Å². The van der Waals surface area contributed by atoms with E-state index >= 15 is 0 Å². The van der Waals surface area contributed by atoms with Crippen molar-refractivity contribution in [2.45, 2.75) is 46.1 Å². The van der Waals surface area contributed by atoms with E-state index in [9.17, 15) is 28.3 Å². The largest absolute Gasteiger partial charge is 0.496 e. The number of benzene rings is 1. The van der Waals surface area contributed by atoms with E-state index in [0.29, 0.717) is 41.8 Å². The third-order valence-electron chi connectivity index (χ3n) is 6.31. The normalized spacial score (nSPS) is 16.9. The molecule has 11 heteroatoms. The molecule has 0 aliphatic carbocycles. The maximum absolute atomic E-state index is 13.0. The van der Waals surface area contributed by atoms with Gasteiger partial charge in [-0.2, -0.15) is 8.78 Å². The number of nitrogens with zero attached hydrogens (tertiary/aromatic N) is 1. The van der Waals surface area contributed by atoms with Gasteiger partial charge < -0.3 is 19.9 Å². The Morgan fingerprint density at radius 2 is 2.11 bits per heavy atom. The average molecular weight is 513 g/mol. The molecule has 2 aliphatic heterocycles. The molecule has 2 aliphatic rings. The first-order chi connectivity index (χ1) is 16.6. The first kappa shape index (κ1) is 26.9. The van der Waals surface area contributed by atoms with Crippen LogP contribution in [-0.4, -0.2) is 66.1 Å². The lowest BCUT2D eigenvalue weighted by atomic mass is 9.92. The van der Waals surface area contributed by atoms with Gasteiger partial charge in [0, 0.05) is 29.3 Å². The summed E-state index contributed by atoms with van der Waals surface area (Å²) in [5.74, 6) is -1.35. The van der Waals surface area contributed by atoms with Crippen LogP contribution in [0.1, 0.15) is 46.8 Å². The molecular formula is C24H30F2N2O6S. The summed E-state index contributed by atoms with van der Waals surface area (Å²) in [4.78, 5) is 38.3. The van der Waals surface area contributed by atoms with E-state index < -0.39 is 30.2 Å². The van der Waals surface area contributed by atoms with Crippen molar-refractivity contribution < 1.29 is 37.7 Å². The second-order valence-electron chi connectivity index (χ2n) is 8.67. The van der Waals surface area contributed by atoms with Gasteiger partial charge in [0.2, 0.25) is 0 Å². The Balaban J connectivity index is 1.87. The topological polar surface area (TPSA) is 105 Å². The fourth-order valence-corrected chi connectivity index (χ4v) is 5.43. The number of aliphatic carboxylic acids is 1.